The zero-order valence-corrected chi connectivity index (χ0v) is 20.3. The quantitative estimate of drug-likeness (QED) is 0.461. The van der Waals surface area contributed by atoms with Crippen molar-refractivity contribution in [2.45, 2.75) is 25.2 Å². The average Bonchev–Trinajstić information content (AvgIpc) is 2.88. The van der Waals surface area contributed by atoms with Crippen molar-refractivity contribution >= 4 is 29.2 Å². The first-order chi connectivity index (χ1) is 16.1. The van der Waals surface area contributed by atoms with Gasteiger partial charge in [0.1, 0.15) is 5.75 Å². The van der Waals surface area contributed by atoms with Gasteiger partial charge in [0.25, 0.3) is 5.91 Å². The van der Waals surface area contributed by atoms with Gasteiger partial charge in [0, 0.05) is 42.3 Å². The number of hydrogen-bond acceptors (Lipinski definition) is 5. The van der Waals surface area contributed by atoms with E-state index in [0.29, 0.717) is 13.1 Å². The highest BCUT2D eigenvalue weighted by molar-refractivity contribution is 8.00. The predicted molar refractivity (Wildman–Crippen MR) is 138 cm³/mol. The Balaban J connectivity index is 1.39. The van der Waals surface area contributed by atoms with Crippen molar-refractivity contribution < 1.29 is 9.53 Å². The molecule has 0 aromatic heterocycles. The first kappa shape index (κ1) is 23.1. The van der Waals surface area contributed by atoms with Gasteiger partial charge in [-0.2, -0.15) is 0 Å². The largest absolute Gasteiger partial charge is 0.495 e. The number of nitrogens with one attached hydrogen (secondary N) is 1. The topological polar surface area (TPSA) is 44.8 Å². The summed E-state index contributed by atoms with van der Waals surface area (Å²) in [4.78, 5) is 18.6. The molecule has 0 saturated carbocycles. The highest BCUT2D eigenvalue weighted by atomic mass is 32.2. The molecule has 0 aliphatic carbocycles. The number of rotatable bonds is 7. The summed E-state index contributed by atoms with van der Waals surface area (Å²) in [6, 6.07) is 22.6. The number of methoxy groups -OCH3 is 1. The van der Waals surface area contributed by atoms with Gasteiger partial charge in [-0.05, 0) is 72.8 Å². The molecule has 0 atom stereocenters. The molecule has 0 radical (unpaired) electrons. The van der Waals surface area contributed by atoms with Gasteiger partial charge >= 0.3 is 0 Å². The molecule has 1 aliphatic rings. The molecule has 1 fully saturated rings. The van der Waals surface area contributed by atoms with Crippen LogP contribution in [0.3, 0.4) is 0 Å². The lowest BCUT2D eigenvalue weighted by Gasteiger charge is -2.36. The van der Waals surface area contributed by atoms with Crippen LogP contribution in [0.4, 0.5) is 11.4 Å². The van der Waals surface area contributed by atoms with Gasteiger partial charge in [0.2, 0.25) is 0 Å². The van der Waals surface area contributed by atoms with Crippen LogP contribution in [-0.4, -0.2) is 44.1 Å². The summed E-state index contributed by atoms with van der Waals surface area (Å²) in [7, 11) is 1.70. The van der Waals surface area contributed by atoms with E-state index < -0.39 is 0 Å². The second kappa shape index (κ2) is 10.7. The fourth-order valence-electron chi connectivity index (χ4n) is 4.03. The van der Waals surface area contributed by atoms with Gasteiger partial charge in [-0.3, -0.25) is 4.79 Å². The number of para-hydroxylation sites is 2. The lowest BCUT2D eigenvalue weighted by atomic mass is 10.1. The third-order valence-electron chi connectivity index (χ3n) is 6.08. The van der Waals surface area contributed by atoms with E-state index in [1.165, 1.54) is 17.5 Å². The standard InChI is InChI=1S/C27H31N3O2S/c1-4-21-10-12-22(13-11-21)28-33-23-14-9-20(2)24(19-23)27(31)30-17-15-29(16-18-30)25-7-5-6-8-26(25)32-3/h5-14,19,28H,4,15-18H2,1-3H3. The number of anilines is 2. The Labute approximate surface area is 200 Å². The molecule has 3 aromatic carbocycles. The summed E-state index contributed by atoms with van der Waals surface area (Å²) in [6.45, 7) is 7.11. The van der Waals surface area contributed by atoms with Crippen LogP contribution < -0.4 is 14.4 Å². The number of piperazine rings is 1. The highest BCUT2D eigenvalue weighted by Gasteiger charge is 2.24. The Bertz CT molecular complexity index is 1090. The Hall–Kier alpha value is -3.12. The molecule has 1 N–H and O–H groups in total. The molecule has 4 rings (SSSR count). The molecular formula is C27H31N3O2S. The Morgan fingerprint density at radius 1 is 1.00 bits per heavy atom. The van der Waals surface area contributed by atoms with Crippen molar-refractivity contribution in [1.82, 2.24) is 4.90 Å². The summed E-state index contributed by atoms with van der Waals surface area (Å²) in [6.07, 6.45) is 1.03. The number of carbonyl (C=O) groups excluding carboxylic acids is 1. The maximum absolute atomic E-state index is 13.3. The van der Waals surface area contributed by atoms with E-state index >= 15 is 0 Å². The minimum Gasteiger partial charge on any atom is -0.495 e. The van der Waals surface area contributed by atoms with Gasteiger partial charge in [-0.25, -0.2) is 0 Å². The summed E-state index contributed by atoms with van der Waals surface area (Å²) in [5.41, 5.74) is 5.23. The number of ether oxygens (including phenoxy) is 1. The van der Waals surface area contributed by atoms with Crippen molar-refractivity contribution in [3.63, 3.8) is 0 Å². The van der Waals surface area contributed by atoms with Crippen molar-refractivity contribution in [1.29, 1.82) is 0 Å². The SMILES string of the molecule is CCc1ccc(NSc2ccc(C)c(C(=O)N3CCN(c4ccccc4OC)CC3)c2)cc1. The lowest BCUT2D eigenvalue weighted by molar-refractivity contribution is 0.0745. The molecule has 1 saturated heterocycles. The molecule has 6 heteroatoms. The first-order valence-electron chi connectivity index (χ1n) is 11.4. The molecule has 0 unspecified atom stereocenters. The van der Waals surface area contributed by atoms with E-state index in [2.05, 4.69) is 52.9 Å². The van der Waals surface area contributed by atoms with Gasteiger partial charge < -0.3 is 19.3 Å². The molecule has 0 spiro atoms. The Morgan fingerprint density at radius 2 is 1.73 bits per heavy atom. The fourth-order valence-corrected chi connectivity index (χ4v) is 4.72. The highest BCUT2D eigenvalue weighted by Crippen LogP contribution is 2.29. The van der Waals surface area contributed by atoms with E-state index in [0.717, 1.165) is 52.7 Å². The molecule has 5 nitrogen and oxygen atoms in total. The van der Waals surface area contributed by atoms with Crippen LogP contribution in [-0.2, 0) is 6.42 Å². The summed E-state index contributed by atoms with van der Waals surface area (Å²) >= 11 is 1.53. The van der Waals surface area contributed by atoms with Crippen molar-refractivity contribution in [2.24, 2.45) is 0 Å². The third-order valence-corrected chi connectivity index (χ3v) is 6.91. The molecule has 1 heterocycles. The van der Waals surface area contributed by atoms with Gasteiger partial charge in [0.05, 0.1) is 12.8 Å². The first-order valence-corrected chi connectivity index (χ1v) is 12.2. The van der Waals surface area contributed by atoms with Gasteiger partial charge in [0.15, 0.2) is 0 Å². The molecule has 33 heavy (non-hydrogen) atoms. The number of hydrogen-bond donors (Lipinski definition) is 1. The van der Waals surface area contributed by atoms with E-state index in [9.17, 15) is 4.79 Å². The maximum atomic E-state index is 13.3. The van der Waals surface area contributed by atoms with Crippen LogP contribution in [0.5, 0.6) is 5.75 Å². The molecule has 3 aromatic rings. The van der Waals surface area contributed by atoms with Gasteiger partial charge in [-0.1, -0.05) is 37.3 Å². The van der Waals surface area contributed by atoms with Gasteiger partial charge in [-0.15, -0.1) is 0 Å². The van der Waals surface area contributed by atoms with Crippen LogP contribution >= 0.6 is 11.9 Å². The molecule has 1 aliphatic heterocycles. The van der Waals surface area contributed by atoms with Crippen molar-refractivity contribution in [2.75, 3.05) is 42.9 Å². The predicted octanol–water partition coefficient (Wildman–Crippen LogP) is 5.65. The molecule has 1 amide bonds. The van der Waals surface area contributed by atoms with Crippen molar-refractivity contribution in [3.8, 4) is 5.75 Å². The van der Waals surface area contributed by atoms with Crippen LogP contribution in [0.25, 0.3) is 0 Å². The third kappa shape index (κ3) is 5.45. The van der Waals surface area contributed by atoms with Crippen LogP contribution in [0, 0.1) is 6.92 Å². The van der Waals surface area contributed by atoms with E-state index in [1.807, 2.05) is 42.2 Å². The fraction of sp³-hybridized carbons (Fsp3) is 0.296. The zero-order chi connectivity index (χ0) is 23.2. The second-order valence-corrected chi connectivity index (χ2v) is 9.06. The normalized spacial score (nSPS) is 13.7. The zero-order valence-electron chi connectivity index (χ0n) is 19.5. The average molecular weight is 462 g/mol. The van der Waals surface area contributed by atoms with E-state index in [4.69, 9.17) is 4.74 Å². The summed E-state index contributed by atoms with van der Waals surface area (Å²) in [5.74, 6) is 0.969. The number of nitrogens with zero attached hydrogens (tertiary/aromatic N) is 2. The van der Waals surface area contributed by atoms with Crippen molar-refractivity contribution in [3.05, 3.63) is 83.4 Å². The smallest absolute Gasteiger partial charge is 0.254 e. The Kier molecular flexibility index (Phi) is 7.45. The number of aryl methyl sites for hydroxylation is 2. The number of carbonyl (C=O) groups is 1. The summed E-state index contributed by atoms with van der Waals surface area (Å²) in [5, 5.41) is 0. The van der Waals surface area contributed by atoms with Crippen LogP contribution in [0.2, 0.25) is 0 Å². The molecule has 172 valence electrons. The molecule has 0 bridgehead atoms. The maximum Gasteiger partial charge on any atom is 0.254 e. The lowest BCUT2D eigenvalue weighted by Crippen LogP contribution is -2.49. The molecular weight excluding hydrogens is 430 g/mol. The minimum absolute atomic E-state index is 0.0990. The van der Waals surface area contributed by atoms with E-state index in [1.54, 1.807) is 7.11 Å². The number of amides is 1. The Morgan fingerprint density at radius 3 is 2.42 bits per heavy atom. The van der Waals surface area contributed by atoms with Crippen LogP contribution in [0.15, 0.2) is 71.6 Å². The summed E-state index contributed by atoms with van der Waals surface area (Å²) < 4.78 is 8.89. The number of benzene rings is 3. The van der Waals surface area contributed by atoms with E-state index in [-0.39, 0.29) is 5.91 Å². The van der Waals surface area contributed by atoms with Crippen LogP contribution in [0.1, 0.15) is 28.4 Å². The minimum atomic E-state index is 0.0990. The second-order valence-electron chi connectivity index (χ2n) is 8.18. The monoisotopic (exact) mass is 461 g/mol.